The van der Waals surface area contributed by atoms with E-state index in [0.29, 0.717) is 0 Å². The summed E-state index contributed by atoms with van der Waals surface area (Å²) in [5.74, 6) is 1.71. The Hall–Kier alpha value is -1.42. The highest BCUT2D eigenvalue weighted by atomic mass is 79.9. The van der Waals surface area contributed by atoms with Gasteiger partial charge < -0.3 is 15.0 Å². The zero-order chi connectivity index (χ0) is 12.7. The van der Waals surface area contributed by atoms with E-state index >= 15 is 0 Å². The Labute approximate surface area is 115 Å². The Kier molecular flexibility index (Phi) is 2.82. The molecule has 3 rings (SSSR count). The molecule has 18 heavy (non-hydrogen) atoms. The molecule has 0 bridgehead atoms. The second-order valence-corrected chi connectivity index (χ2v) is 5.30. The molecule has 1 aliphatic rings. The highest BCUT2D eigenvalue weighted by molar-refractivity contribution is 9.10. The monoisotopic (exact) mass is 306 g/mol. The Morgan fingerprint density at radius 3 is 2.67 bits per heavy atom. The van der Waals surface area contributed by atoms with Gasteiger partial charge in [-0.25, -0.2) is 0 Å². The number of anilines is 1. The van der Waals surface area contributed by atoms with Crippen molar-refractivity contribution in [3.8, 4) is 16.9 Å². The Bertz CT molecular complexity index is 587. The number of nitrogens with zero attached hydrogens (tertiary/aromatic N) is 1. The van der Waals surface area contributed by atoms with Crippen LogP contribution in [0, 0.1) is 0 Å². The smallest absolute Gasteiger partial charge is 0.118 e. The van der Waals surface area contributed by atoms with Crippen LogP contribution in [0.1, 0.15) is 12.1 Å². The van der Waals surface area contributed by atoms with Crippen molar-refractivity contribution in [2.24, 2.45) is 0 Å². The molecule has 0 saturated carbocycles. The van der Waals surface area contributed by atoms with Crippen LogP contribution >= 0.6 is 15.9 Å². The summed E-state index contributed by atoms with van der Waals surface area (Å²) in [7, 11) is 1.68. The van der Waals surface area contributed by atoms with Gasteiger partial charge in [-0.3, -0.25) is 0 Å². The van der Waals surface area contributed by atoms with Crippen LogP contribution in [0.5, 0.6) is 5.75 Å². The Morgan fingerprint density at radius 1 is 1.28 bits per heavy atom. The maximum atomic E-state index is 6.14. The minimum absolute atomic E-state index is 0.841. The molecule has 3 nitrogen and oxygen atoms in total. The fourth-order valence-corrected chi connectivity index (χ4v) is 3.30. The van der Waals surface area contributed by atoms with E-state index in [1.807, 2.05) is 12.1 Å². The molecule has 0 radical (unpaired) electrons. The molecule has 0 saturated heterocycles. The van der Waals surface area contributed by atoms with Crippen molar-refractivity contribution in [1.29, 1.82) is 0 Å². The van der Waals surface area contributed by atoms with Gasteiger partial charge in [-0.05, 0) is 46.5 Å². The van der Waals surface area contributed by atoms with Crippen molar-refractivity contribution in [2.75, 3.05) is 12.8 Å². The predicted octanol–water partition coefficient (Wildman–Crippen LogP) is 3.45. The largest absolute Gasteiger partial charge is 0.497 e. The van der Waals surface area contributed by atoms with Crippen LogP contribution in [0.15, 0.2) is 28.7 Å². The minimum atomic E-state index is 0.841. The van der Waals surface area contributed by atoms with E-state index in [9.17, 15) is 0 Å². The van der Waals surface area contributed by atoms with E-state index < -0.39 is 0 Å². The molecule has 0 unspecified atom stereocenters. The molecular weight excluding hydrogens is 292 g/mol. The van der Waals surface area contributed by atoms with Crippen molar-refractivity contribution in [3.05, 3.63) is 34.4 Å². The minimum Gasteiger partial charge on any atom is -0.497 e. The van der Waals surface area contributed by atoms with Crippen LogP contribution < -0.4 is 10.5 Å². The van der Waals surface area contributed by atoms with Gasteiger partial charge in [0.15, 0.2) is 0 Å². The lowest BCUT2D eigenvalue weighted by Crippen LogP contribution is -1.98. The molecule has 1 aliphatic heterocycles. The third-order valence-corrected chi connectivity index (χ3v) is 4.33. The number of rotatable bonds is 2. The van der Waals surface area contributed by atoms with E-state index in [0.717, 1.165) is 29.0 Å². The van der Waals surface area contributed by atoms with E-state index in [1.165, 1.54) is 23.2 Å². The van der Waals surface area contributed by atoms with Gasteiger partial charge in [0.25, 0.3) is 0 Å². The number of hydrogen-bond acceptors (Lipinski definition) is 2. The van der Waals surface area contributed by atoms with Gasteiger partial charge in [-0.1, -0.05) is 12.1 Å². The standard InChI is InChI=1S/C14H15BrN2O/c1-18-10-6-4-9(5-7-10)12-11-3-2-8-17(11)14(16)13(12)15/h4-7H,2-3,8,16H2,1H3. The first kappa shape index (κ1) is 11.7. The molecule has 0 amide bonds. The number of fused-ring (bicyclic) bond motifs is 1. The maximum Gasteiger partial charge on any atom is 0.118 e. The summed E-state index contributed by atoms with van der Waals surface area (Å²) in [4.78, 5) is 0. The molecule has 2 aromatic rings. The normalized spacial score (nSPS) is 13.7. The van der Waals surface area contributed by atoms with Crippen LogP contribution in [0.25, 0.3) is 11.1 Å². The highest BCUT2D eigenvalue weighted by Crippen LogP contribution is 2.41. The average molecular weight is 307 g/mol. The van der Waals surface area contributed by atoms with Crippen molar-refractivity contribution in [2.45, 2.75) is 19.4 Å². The Balaban J connectivity index is 2.13. The molecule has 1 aromatic carbocycles. The van der Waals surface area contributed by atoms with Gasteiger partial charge in [0.1, 0.15) is 11.6 Å². The third kappa shape index (κ3) is 1.63. The average Bonchev–Trinajstić information content (AvgIpc) is 2.95. The quantitative estimate of drug-likeness (QED) is 0.923. The lowest BCUT2D eigenvalue weighted by Gasteiger charge is -2.05. The van der Waals surface area contributed by atoms with Crippen LogP contribution in [0.4, 0.5) is 5.82 Å². The predicted molar refractivity (Wildman–Crippen MR) is 76.9 cm³/mol. The first-order valence-corrected chi connectivity index (χ1v) is 6.82. The molecular formula is C14H15BrN2O. The van der Waals surface area contributed by atoms with Crippen LogP contribution in [-0.2, 0) is 13.0 Å². The number of nitrogens with two attached hydrogens (primary N) is 1. The molecule has 1 aromatic heterocycles. The SMILES string of the molecule is COc1ccc(-c2c(Br)c(N)n3c2CCC3)cc1. The fourth-order valence-electron chi connectivity index (χ4n) is 2.62. The van der Waals surface area contributed by atoms with E-state index in [1.54, 1.807) is 7.11 Å². The number of nitrogen functional groups attached to an aromatic ring is 1. The van der Waals surface area contributed by atoms with Crippen LogP contribution in [0.3, 0.4) is 0 Å². The number of aromatic nitrogens is 1. The van der Waals surface area contributed by atoms with Crippen molar-refractivity contribution >= 4 is 21.7 Å². The summed E-state index contributed by atoms with van der Waals surface area (Å²) in [5.41, 5.74) is 9.89. The highest BCUT2D eigenvalue weighted by Gasteiger charge is 2.23. The summed E-state index contributed by atoms with van der Waals surface area (Å²) >= 11 is 3.62. The summed E-state index contributed by atoms with van der Waals surface area (Å²) in [6, 6.07) is 8.13. The summed E-state index contributed by atoms with van der Waals surface area (Å²) in [5, 5.41) is 0. The number of methoxy groups -OCH3 is 1. The molecule has 0 aliphatic carbocycles. The van der Waals surface area contributed by atoms with E-state index in [4.69, 9.17) is 10.5 Å². The number of hydrogen-bond donors (Lipinski definition) is 1. The van der Waals surface area contributed by atoms with E-state index in [-0.39, 0.29) is 0 Å². The topological polar surface area (TPSA) is 40.2 Å². The lowest BCUT2D eigenvalue weighted by molar-refractivity contribution is 0.415. The first-order chi connectivity index (χ1) is 8.72. The van der Waals surface area contributed by atoms with E-state index in [2.05, 4.69) is 32.6 Å². The zero-order valence-electron chi connectivity index (χ0n) is 10.2. The van der Waals surface area contributed by atoms with Gasteiger partial charge in [-0.15, -0.1) is 0 Å². The van der Waals surface area contributed by atoms with Gasteiger partial charge in [0, 0.05) is 17.8 Å². The summed E-state index contributed by atoms with van der Waals surface area (Å²) in [6.07, 6.45) is 2.27. The van der Waals surface area contributed by atoms with Crippen molar-refractivity contribution < 1.29 is 4.74 Å². The number of ether oxygens (including phenoxy) is 1. The van der Waals surface area contributed by atoms with Crippen molar-refractivity contribution in [3.63, 3.8) is 0 Å². The maximum absolute atomic E-state index is 6.14. The molecule has 0 fully saturated rings. The second-order valence-electron chi connectivity index (χ2n) is 4.50. The molecule has 0 spiro atoms. The third-order valence-electron chi connectivity index (χ3n) is 3.52. The second kappa shape index (κ2) is 4.35. The van der Waals surface area contributed by atoms with Crippen LogP contribution in [0.2, 0.25) is 0 Å². The zero-order valence-corrected chi connectivity index (χ0v) is 11.8. The summed E-state index contributed by atoms with van der Waals surface area (Å²) < 4.78 is 8.42. The molecule has 4 heteroatoms. The van der Waals surface area contributed by atoms with Crippen molar-refractivity contribution in [1.82, 2.24) is 4.57 Å². The van der Waals surface area contributed by atoms with Crippen LogP contribution in [-0.4, -0.2) is 11.7 Å². The first-order valence-electron chi connectivity index (χ1n) is 6.03. The van der Waals surface area contributed by atoms with Gasteiger partial charge in [0.2, 0.25) is 0 Å². The Morgan fingerprint density at radius 2 is 2.00 bits per heavy atom. The lowest BCUT2D eigenvalue weighted by atomic mass is 10.0. The van der Waals surface area contributed by atoms with Gasteiger partial charge >= 0.3 is 0 Å². The fraction of sp³-hybridized carbons (Fsp3) is 0.286. The number of halogens is 1. The summed E-state index contributed by atoms with van der Waals surface area (Å²) in [6.45, 7) is 1.02. The van der Waals surface area contributed by atoms with Gasteiger partial charge in [-0.2, -0.15) is 0 Å². The van der Waals surface area contributed by atoms with Gasteiger partial charge in [0.05, 0.1) is 11.6 Å². The number of benzene rings is 1. The molecule has 2 heterocycles. The molecule has 0 atom stereocenters. The molecule has 94 valence electrons. The molecule has 2 N–H and O–H groups in total.